The van der Waals surface area contributed by atoms with Crippen LogP contribution < -0.4 is 15.8 Å². The minimum absolute atomic E-state index is 0.236. The van der Waals surface area contributed by atoms with Gasteiger partial charge in [0.05, 0.1) is 10.4 Å². The van der Waals surface area contributed by atoms with Gasteiger partial charge in [-0.2, -0.15) is 0 Å². The normalized spacial score (nSPS) is 18.0. The summed E-state index contributed by atoms with van der Waals surface area (Å²) >= 11 is 0. The summed E-state index contributed by atoms with van der Waals surface area (Å²) in [6.07, 6.45) is 6.87. The van der Waals surface area contributed by atoms with Gasteiger partial charge in [0.15, 0.2) is 0 Å². The molecule has 0 saturated heterocycles. The van der Waals surface area contributed by atoms with Crippen molar-refractivity contribution < 1.29 is 8.42 Å². The van der Waals surface area contributed by atoms with Crippen LogP contribution in [-0.2, 0) is 16.4 Å². The van der Waals surface area contributed by atoms with Crippen LogP contribution in [0.1, 0.15) is 43.7 Å². The number of fused-ring (bicyclic) bond motifs is 1. The maximum absolute atomic E-state index is 12.7. The second kappa shape index (κ2) is 10.5. The van der Waals surface area contributed by atoms with Gasteiger partial charge in [-0.15, -0.1) is 0 Å². The molecule has 1 saturated carbocycles. The molecule has 4 aromatic rings. The number of benzene rings is 3. The lowest BCUT2D eigenvalue weighted by molar-refractivity contribution is 0.410. The van der Waals surface area contributed by atoms with E-state index >= 15 is 0 Å². The van der Waals surface area contributed by atoms with E-state index in [1.54, 1.807) is 36.4 Å². The molecule has 0 radical (unpaired) electrons. The van der Waals surface area contributed by atoms with Crippen molar-refractivity contribution in [3.8, 4) is 11.1 Å². The Morgan fingerprint density at radius 1 is 1.00 bits per heavy atom. The third-order valence-electron chi connectivity index (χ3n) is 7.09. The average molecular weight is 516 g/mol. The van der Waals surface area contributed by atoms with E-state index in [0.717, 1.165) is 65.3 Å². The van der Waals surface area contributed by atoms with Crippen molar-refractivity contribution in [3.05, 3.63) is 78.0 Å². The predicted molar refractivity (Wildman–Crippen MR) is 150 cm³/mol. The van der Waals surface area contributed by atoms with Gasteiger partial charge in [0.2, 0.25) is 5.95 Å². The Bertz CT molecular complexity index is 1510. The van der Waals surface area contributed by atoms with Crippen LogP contribution in [0.5, 0.6) is 0 Å². The molecule has 0 bridgehead atoms. The quantitative estimate of drug-likeness (QED) is 0.293. The van der Waals surface area contributed by atoms with E-state index < -0.39 is 10.0 Å². The van der Waals surface area contributed by atoms with Crippen LogP contribution in [0.3, 0.4) is 0 Å². The summed E-state index contributed by atoms with van der Waals surface area (Å²) in [6, 6.07) is 19.0. The van der Waals surface area contributed by atoms with E-state index in [1.807, 2.05) is 25.3 Å². The zero-order valence-corrected chi connectivity index (χ0v) is 22.1. The summed E-state index contributed by atoms with van der Waals surface area (Å²) in [4.78, 5) is 9.71. The number of hydrogen-bond acceptors (Lipinski definition) is 6. The molecule has 7 nitrogen and oxygen atoms in total. The molecule has 0 atom stereocenters. The molecular formula is C29H33N5O2S. The zero-order chi connectivity index (χ0) is 26.0. The van der Waals surface area contributed by atoms with Crippen LogP contribution in [0, 0.1) is 6.92 Å². The molecule has 1 aromatic heterocycles. The molecule has 4 N–H and O–H groups in total. The maximum Gasteiger partial charge on any atom is 0.261 e. The highest BCUT2D eigenvalue weighted by atomic mass is 32.2. The Morgan fingerprint density at radius 3 is 2.46 bits per heavy atom. The van der Waals surface area contributed by atoms with E-state index in [9.17, 15) is 8.42 Å². The second-order valence-electron chi connectivity index (χ2n) is 9.82. The van der Waals surface area contributed by atoms with Gasteiger partial charge in [0.25, 0.3) is 10.0 Å². The number of rotatable bonds is 7. The molecule has 5 rings (SSSR count). The van der Waals surface area contributed by atoms with Crippen LogP contribution in [0.15, 0.2) is 71.8 Å². The lowest BCUT2D eigenvalue weighted by Crippen LogP contribution is -2.33. The fraction of sp³-hybridized carbons (Fsp3) is 0.310. The lowest BCUT2D eigenvalue weighted by Gasteiger charge is -2.26. The molecule has 192 valence electrons. The molecule has 1 heterocycles. The van der Waals surface area contributed by atoms with Crippen LogP contribution in [0.2, 0.25) is 0 Å². The molecule has 0 unspecified atom stereocenters. The number of nitrogens with two attached hydrogens (primary N) is 1. The number of nitrogens with one attached hydrogen (secondary N) is 2. The van der Waals surface area contributed by atoms with Crippen molar-refractivity contribution in [2.75, 3.05) is 10.0 Å². The van der Waals surface area contributed by atoms with E-state index in [2.05, 4.69) is 34.1 Å². The highest BCUT2D eigenvalue weighted by molar-refractivity contribution is 7.92. The first kappa shape index (κ1) is 25.2. The number of anilines is 2. The van der Waals surface area contributed by atoms with Crippen molar-refractivity contribution in [1.82, 2.24) is 9.97 Å². The molecule has 1 fully saturated rings. The largest absolute Gasteiger partial charge is 0.351 e. The SMILES string of the molecule is CCc1cc(-c2ccc(NS(=O)(=O)c3ccccc3)cc2C)cc2cnc(NC3CCC(N)CC3)nc12. The molecule has 0 amide bonds. The van der Waals surface area contributed by atoms with E-state index in [4.69, 9.17) is 10.7 Å². The highest BCUT2D eigenvalue weighted by Crippen LogP contribution is 2.32. The van der Waals surface area contributed by atoms with E-state index in [1.165, 1.54) is 0 Å². The van der Waals surface area contributed by atoms with Crippen LogP contribution >= 0.6 is 0 Å². The van der Waals surface area contributed by atoms with E-state index in [-0.39, 0.29) is 4.90 Å². The molecule has 37 heavy (non-hydrogen) atoms. The van der Waals surface area contributed by atoms with Crippen LogP contribution in [-0.4, -0.2) is 30.5 Å². The van der Waals surface area contributed by atoms with Gasteiger partial charge in [0, 0.05) is 29.4 Å². The molecular weight excluding hydrogens is 482 g/mol. The van der Waals surface area contributed by atoms with Crippen LogP contribution in [0.4, 0.5) is 11.6 Å². The first-order valence-corrected chi connectivity index (χ1v) is 14.3. The number of aryl methyl sites for hydroxylation is 2. The van der Waals surface area contributed by atoms with Gasteiger partial charge in [-0.25, -0.2) is 18.4 Å². The first-order chi connectivity index (χ1) is 17.8. The van der Waals surface area contributed by atoms with Crippen molar-refractivity contribution in [3.63, 3.8) is 0 Å². The van der Waals surface area contributed by atoms with Gasteiger partial charge in [-0.1, -0.05) is 31.2 Å². The summed E-state index contributed by atoms with van der Waals surface area (Å²) in [5.41, 5.74) is 11.8. The molecule has 0 spiro atoms. The maximum atomic E-state index is 12.7. The van der Waals surface area contributed by atoms with Gasteiger partial charge < -0.3 is 11.1 Å². The van der Waals surface area contributed by atoms with Gasteiger partial charge >= 0.3 is 0 Å². The van der Waals surface area contributed by atoms with Gasteiger partial charge in [-0.3, -0.25) is 4.72 Å². The fourth-order valence-corrected chi connectivity index (χ4v) is 6.10. The Hall–Kier alpha value is -3.49. The third kappa shape index (κ3) is 5.60. The first-order valence-electron chi connectivity index (χ1n) is 12.8. The Balaban J connectivity index is 1.41. The van der Waals surface area contributed by atoms with Crippen LogP contribution in [0.25, 0.3) is 22.0 Å². The summed E-state index contributed by atoms with van der Waals surface area (Å²) in [5, 5.41) is 4.49. The smallest absolute Gasteiger partial charge is 0.261 e. The topological polar surface area (TPSA) is 110 Å². The Kier molecular flexibility index (Phi) is 7.13. The lowest BCUT2D eigenvalue weighted by atomic mass is 9.92. The standard InChI is InChI=1S/C29H33N5O2S/c1-3-20-16-21(17-22-18-31-29(33-28(20)22)32-24-11-9-23(30)10-12-24)27-14-13-25(15-19(27)2)34-37(35,36)26-7-5-4-6-8-26/h4-8,13-18,23-24,34H,3,9-12,30H2,1-2H3,(H,31,32,33). The zero-order valence-electron chi connectivity index (χ0n) is 21.2. The monoisotopic (exact) mass is 515 g/mol. The van der Waals surface area contributed by atoms with Crippen molar-refractivity contribution in [2.45, 2.75) is 62.9 Å². The highest BCUT2D eigenvalue weighted by Gasteiger charge is 2.20. The van der Waals surface area contributed by atoms with Gasteiger partial charge in [-0.05, 0) is 97.7 Å². The third-order valence-corrected chi connectivity index (χ3v) is 8.49. The minimum Gasteiger partial charge on any atom is -0.351 e. The van der Waals surface area contributed by atoms with Crippen molar-refractivity contribution in [1.29, 1.82) is 0 Å². The molecule has 1 aliphatic rings. The minimum atomic E-state index is -3.64. The number of aromatic nitrogens is 2. The average Bonchev–Trinajstić information content (AvgIpc) is 2.90. The predicted octanol–water partition coefficient (Wildman–Crippen LogP) is 5.65. The summed E-state index contributed by atoms with van der Waals surface area (Å²) in [7, 11) is -3.64. The van der Waals surface area contributed by atoms with E-state index in [0.29, 0.717) is 23.7 Å². The fourth-order valence-electron chi connectivity index (χ4n) is 5.02. The summed E-state index contributed by atoms with van der Waals surface area (Å²) < 4.78 is 28.1. The molecule has 1 aliphatic carbocycles. The summed E-state index contributed by atoms with van der Waals surface area (Å²) in [6.45, 7) is 4.12. The number of sulfonamides is 1. The molecule has 8 heteroatoms. The number of hydrogen-bond donors (Lipinski definition) is 3. The molecule has 0 aliphatic heterocycles. The number of nitrogens with zero attached hydrogens (tertiary/aromatic N) is 2. The van der Waals surface area contributed by atoms with Crippen molar-refractivity contribution in [2.24, 2.45) is 5.73 Å². The Labute approximate surface area is 218 Å². The second-order valence-corrected chi connectivity index (χ2v) is 11.5. The Morgan fingerprint density at radius 2 is 1.76 bits per heavy atom. The van der Waals surface area contributed by atoms with Crippen molar-refractivity contribution >= 4 is 32.6 Å². The summed E-state index contributed by atoms with van der Waals surface area (Å²) in [5.74, 6) is 0.668. The van der Waals surface area contributed by atoms with Gasteiger partial charge in [0.1, 0.15) is 0 Å². The molecule has 3 aromatic carbocycles.